The summed E-state index contributed by atoms with van der Waals surface area (Å²) in [5.41, 5.74) is 3.70. The average molecular weight is 546 g/mol. The zero-order valence-corrected chi connectivity index (χ0v) is 22.2. The molecule has 39 heavy (non-hydrogen) atoms. The SMILES string of the molecule is CCNC(=O)c1noc(-c2ccc(OC(=O)c3ccccc3)c(Cl)c2)c1-c1ccc(CN2CCOCC2)cc1. The zero-order chi connectivity index (χ0) is 27.2. The summed E-state index contributed by atoms with van der Waals surface area (Å²) in [7, 11) is 0. The van der Waals surface area contributed by atoms with Crippen LogP contribution >= 0.6 is 11.6 Å². The first kappa shape index (κ1) is 26.6. The molecule has 3 aromatic carbocycles. The van der Waals surface area contributed by atoms with Crippen LogP contribution in [0, 0.1) is 0 Å². The van der Waals surface area contributed by atoms with Crippen LogP contribution in [-0.4, -0.2) is 54.8 Å². The minimum atomic E-state index is -0.513. The fraction of sp³-hybridized carbons (Fsp3) is 0.233. The van der Waals surface area contributed by atoms with Gasteiger partial charge >= 0.3 is 5.97 Å². The van der Waals surface area contributed by atoms with Gasteiger partial charge in [-0.3, -0.25) is 9.69 Å². The maximum atomic E-state index is 12.9. The third kappa shape index (κ3) is 6.20. The molecular weight excluding hydrogens is 518 g/mol. The summed E-state index contributed by atoms with van der Waals surface area (Å²) in [5, 5.41) is 7.12. The van der Waals surface area contributed by atoms with Crippen LogP contribution in [0.3, 0.4) is 0 Å². The van der Waals surface area contributed by atoms with Crippen LogP contribution in [0.2, 0.25) is 5.02 Å². The summed E-state index contributed by atoms with van der Waals surface area (Å²) in [6, 6.07) is 21.6. The number of aromatic nitrogens is 1. The summed E-state index contributed by atoms with van der Waals surface area (Å²) < 4.78 is 16.6. The minimum absolute atomic E-state index is 0.184. The smallest absolute Gasteiger partial charge is 0.343 e. The number of ether oxygens (including phenoxy) is 2. The van der Waals surface area contributed by atoms with E-state index in [1.807, 2.05) is 37.3 Å². The van der Waals surface area contributed by atoms with Crippen molar-refractivity contribution >= 4 is 23.5 Å². The number of amides is 1. The van der Waals surface area contributed by atoms with Crippen LogP contribution in [0.4, 0.5) is 0 Å². The molecule has 1 saturated heterocycles. The standard InChI is InChI=1S/C30H28ClN3O5/c1-2-32-29(35)27-26(21-10-8-20(9-11-21)19-34-14-16-37-17-15-34)28(39-33-27)23-12-13-25(24(31)18-23)38-30(36)22-6-4-3-5-7-22/h3-13,18H,2,14-17,19H2,1H3,(H,32,35). The lowest BCUT2D eigenvalue weighted by molar-refractivity contribution is 0.0342. The van der Waals surface area contributed by atoms with Crippen molar-refractivity contribution < 1.29 is 23.6 Å². The summed E-state index contributed by atoms with van der Waals surface area (Å²) in [5.74, 6) is -0.243. The second-order valence-electron chi connectivity index (χ2n) is 9.08. The average Bonchev–Trinajstić information content (AvgIpc) is 3.41. The fourth-order valence-electron chi connectivity index (χ4n) is 4.41. The molecule has 0 radical (unpaired) electrons. The molecule has 0 saturated carbocycles. The Labute approximate surface area is 231 Å². The van der Waals surface area contributed by atoms with Crippen LogP contribution < -0.4 is 10.1 Å². The molecule has 1 aliphatic heterocycles. The number of morpholine rings is 1. The Kier molecular flexibility index (Phi) is 8.36. The van der Waals surface area contributed by atoms with E-state index >= 15 is 0 Å². The van der Waals surface area contributed by atoms with Crippen LogP contribution in [0.25, 0.3) is 22.5 Å². The lowest BCUT2D eigenvalue weighted by Gasteiger charge is -2.26. The van der Waals surface area contributed by atoms with E-state index in [1.165, 1.54) is 0 Å². The summed E-state index contributed by atoms with van der Waals surface area (Å²) >= 11 is 6.51. The van der Waals surface area contributed by atoms with Crippen molar-refractivity contribution in [2.45, 2.75) is 13.5 Å². The second kappa shape index (κ2) is 12.3. The Morgan fingerprint density at radius 2 is 1.72 bits per heavy atom. The highest BCUT2D eigenvalue weighted by Gasteiger charge is 2.25. The molecule has 1 aliphatic rings. The summed E-state index contributed by atoms with van der Waals surface area (Å²) in [6.45, 7) is 6.39. The van der Waals surface area contributed by atoms with Crippen LogP contribution in [0.5, 0.6) is 5.75 Å². The molecule has 2 heterocycles. The van der Waals surface area contributed by atoms with Crippen LogP contribution in [0.1, 0.15) is 33.3 Å². The van der Waals surface area contributed by atoms with Gasteiger partial charge in [0.05, 0.1) is 29.4 Å². The predicted molar refractivity (Wildman–Crippen MR) is 148 cm³/mol. The first-order valence-corrected chi connectivity index (χ1v) is 13.2. The molecule has 8 nitrogen and oxygen atoms in total. The zero-order valence-electron chi connectivity index (χ0n) is 21.5. The number of benzene rings is 3. The number of esters is 1. The van der Waals surface area contributed by atoms with Gasteiger partial charge in [-0.05, 0) is 48.4 Å². The van der Waals surface area contributed by atoms with Gasteiger partial charge in [-0.2, -0.15) is 0 Å². The van der Waals surface area contributed by atoms with E-state index in [-0.39, 0.29) is 22.4 Å². The molecule has 0 aliphatic carbocycles. The number of hydrogen-bond acceptors (Lipinski definition) is 7. The van der Waals surface area contributed by atoms with Gasteiger partial charge in [0.25, 0.3) is 5.91 Å². The van der Waals surface area contributed by atoms with Gasteiger partial charge in [0, 0.05) is 31.7 Å². The molecule has 9 heteroatoms. The number of halogens is 1. The molecule has 1 amide bonds. The molecule has 1 N–H and O–H groups in total. The third-order valence-corrected chi connectivity index (χ3v) is 6.70. The van der Waals surface area contributed by atoms with Crippen molar-refractivity contribution in [1.82, 2.24) is 15.4 Å². The first-order chi connectivity index (χ1) is 19.0. The first-order valence-electron chi connectivity index (χ1n) is 12.8. The monoisotopic (exact) mass is 545 g/mol. The number of nitrogens with one attached hydrogen (secondary N) is 1. The van der Waals surface area contributed by atoms with Crippen molar-refractivity contribution in [3.8, 4) is 28.2 Å². The molecule has 0 bridgehead atoms. The minimum Gasteiger partial charge on any atom is -0.421 e. The Bertz CT molecular complexity index is 1450. The van der Waals surface area contributed by atoms with Crippen molar-refractivity contribution in [1.29, 1.82) is 0 Å². The van der Waals surface area contributed by atoms with Gasteiger partial charge in [0.1, 0.15) is 5.75 Å². The van der Waals surface area contributed by atoms with Crippen LogP contribution in [0.15, 0.2) is 77.3 Å². The molecule has 0 unspecified atom stereocenters. The predicted octanol–water partition coefficient (Wildman–Crippen LogP) is 5.46. The highest BCUT2D eigenvalue weighted by Crippen LogP contribution is 2.38. The van der Waals surface area contributed by atoms with E-state index < -0.39 is 5.97 Å². The van der Waals surface area contributed by atoms with E-state index in [4.69, 9.17) is 25.6 Å². The van der Waals surface area contributed by atoms with Gasteiger partial charge in [-0.1, -0.05) is 59.2 Å². The summed E-state index contributed by atoms with van der Waals surface area (Å²) in [6.07, 6.45) is 0. The highest BCUT2D eigenvalue weighted by molar-refractivity contribution is 6.32. The normalized spacial score (nSPS) is 13.7. The number of hydrogen-bond donors (Lipinski definition) is 1. The Morgan fingerprint density at radius 3 is 2.41 bits per heavy atom. The van der Waals surface area contributed by atoms with Crippen LogP contribution in [-0.2, 0) is 11.3 Å². The van der Waals surface area contributed by atoms with Gasteiger partial charge < -0.3 is 19.3 Å². The van der Waals surface area contributed by atoms with Crippen molar-refractivity contribution in [3.05, 3.63) is 94.6 Å². The molecule has 5 rings (SSSR count). The van der Waals surface area contributed by atoms with Crippen molar-refractivity contribution in [2.75, 3.05) is 32.8 Å². The highest BCUT2D eigenvalue weighted by atomic mass is 35.5. The Morgan fingerprint density at radius 1 is 1.00 bits per heavy atom. The van der Waals surface area contributed by atoms with E-state index in [2.05, 4.69) is 15.4 Å². The molecule has 1 aromatic heterocycles. The molecule has 0 spiro atoms. The number of nitrogens with zero attached hydrogens (tertiary/aromatic N) is 2. The van der Waals surface area contributed by atoms with E-state index in [0.717, 1.165) is 44.0 Å². The maximum Gasteiger partial charge on any atom is 0.343 e. The largest absolute Gasteiger partial charge is 0.421 e. The van der Waals surface area contributed by atoms with Gasteiger partial charge in [0.2, 0.25) is 0 Å². The van der Waals surface area contributed by atoms with E-state index in [0.29, 0.717) is 29.0 Å². The molecule has 0 atom stereocenters. The number of carbonyl (C=O) groups is 2. The molecule has 4 aromatic rings. The van der Waals surface area contributed by atoms with Crippen molar-refractivity contribution in [2.24, 2.45) is 0 Å². The quantitative estimate of drug-likeness (QED) is 0.232. The number of rotatable bonds is 8. The lowest BCUT2D eigenvalue weighted by Crippen LogP contribution is -2.35. The molecule has 200 valence electrons. The Hall–Kier alpha value is -3.98. The van der Waals surface area contributed by atoms with Gasteiger partial charge in [0.15, 0.2) is 11.5 Å². The second-order valence-corrected chi connectivity index (χ2v) is 9.49. The van der Waals surface area contributed by atoms with Gasteiger partial charge in [-0.15, -0.1) is 0 Å². The maximum absolute atomic E-state index is 12.9. The van der Waals surface area contributed by atoms with Gasteiger partial charge in [-0.25, -0.2) is 4.79 Å². The van der Waals surface area contributed by atoms with E-state index in [1.54, 1.807) is 42.5 Å². The third-order valence-electron chi connectivity index (χ3n) is 6.40. The number of carbonyl (C=O) groups excluding carboxylic acids is 2. The molecule has 1 fully saturated rings. The fourth-order valence-corrected chi connectivity index (χ4v) is 4.63. The lowest BCUT2D eigenvalue weighted by atomic mass is 9.98. The Balaban J connectivity index is 1.44. The van der Waals surface area contributed by atoms with Crippen molar-refractivity contribution in [3.63, 3.8) is 0 Å². The topological polar surface area (TPSA) is 93.9 Å². The molecular formula is C30H28ClN3O5. The summed E-state index contributed by atoms with van der Waals surface area (Å²) in [4.78, 5) is 27.7. The van der Waals surface area contributed by atoms with E-state index in [9.17, 15) is 9.59 Å².